The minimum absolute atomic E-state index is 0.285. The largest absolute Gasteiger partial charge is 0.304 e. The molecule has 0 spiro atoms. The summed E-state index contributed by atoms with van der Waals surface area (Å²) in [6.07, 6.45) is 5.50. The van der Waals surface area contributed by atoms with Crippen molar-refractivity contribution in [1.82, 2.24) is 4.57 Å². The van der Waals surface area contributed by atoms with Gasteiger partial charge in [-0.2, -0.15) is 4.99 Å². The fourth-order valence-electron chi connectivity index (χ4n) is 2.41. The minimum Gasteiger partial charge on any atom is -0.304 e. The van der Waals surface area contributed by atoms with Crippen LogP contribution in [0.4, 0.5) is 0 Å². The Labute approximate surface area is 146 Å². The summed E-state index contributed by atoms with van der Waals surface area (Å²) >= 11 is 4.86. The van der Waals surface area contributed by atoms with Crippen molar-refractivity contribution in [3.05, 3.63) is 62.9 Å². The fraction of sp³-hybridized carbons (Fsp3) is 0.111. The quantitative estimate of drug-likeness (QED) is 0.611. The molecule has 3 aromatic rings. The van der Waals surface area contributed by atoms with Gasteiger partial charge in [-0.3, -0.25) is 4.79 Å². The zero-order valence-corrected chi connectivity index (χ0v) is 14.8. The number of hydrogen-bond acceptors (Lipinski definition) is 2. The van der Waals surface area contributed by atoms with E-state index < -0.39 is 0 Å². The van der Waals surface area contributed by atoms with Crippen LogP contribution in [0.15, 0.2) is 51.9 Å². The first kappa shape index (κ1) is 15.7. The SMILES string of the molecule is C#CCn1c(=NC(=O)c2ccccc2Br)sc2cccc(C)c21. The van der Waals surface area contributed by atoms with Gasteiger partial charge in [-0.15, -0.1) is 6.42 Å². The van der Waals surface area contributed by atoms with Crippen molar-refractivity contribution in [2.45, 2.75) is 13.5 Å². The lowest BCUT2D eigenvalue weighted by atomic mass is 10.2. The number of nitrogens with zero attached hydrogens (tertiary/aromatic N) is 2. The molecule has 1 amide bonds. The average molecular weight is 385 g/mol. The first-order valence-electron chi connectivity index (χ1n) is 6.98. The number of aromatic nitrogens is 1. The van der Waals surface area contributed by atoms with Gasteiger partial charge in [-0.1, -0.05) is 41.5 Å². The van der Waals surface area contributed by atoms with Gasteiger partial charge in [0.2, 0.25) is 0 Å². The molecule has 0 saturated carbocycles. The monoisotopic (exact) mass is 384 g/mol. The Hall–Kier alpha value is -2.16. The summed E-state index contributed by atoms with van der Waals surface area (Å²) in [4.78, 5) is 17.4. The summed E-state index contributed by atoms with van der Waals surface area (Å²) in [5.41, 5.74) is 2.69. The molecule has 0 bridgehead atoms. The number of hydrogen-bond donors (Lipinski definition) is 0. The van der Waals surface area contributed by atoms with E-state index in [-0.39, 0.29) is 5.91 Å². The maximum absolute atomic E-state index is 12.5. The summed E-state index contributed by atoms with van der Waals surface area (Å²) < 4.78 is 3.72. The van der Waals surface area contributed by atoms with Crippen LogP contribution in [0.25, 0.3) is 10.2 Å². The van der Waals surface area contributed by atoms with Crippen molar-refractivity contribution in [3.8, 4) is 12.3 Å². The first-order valence-corrected chi connectivity index (χ1v) is 8.59. The average Bonchev–Trinajstić information content (AvgIpc) is 2.87. The molecule has 0 atom stereocenters. The zero-order chi connectivity index (χ0) is 16.4. The normalized spacial score (nSPS) is 11.6. The number of aryl methyl sites for hydroxylation is 1. The van der Waals surface area contributed by atoms with Gasteiger partial charge in [0.25, 0.3) is 5.91 Å². The number of amides is 1. The minimum atomic E-state index is -0.285. The summed E-state index contributed by atoms with van der Waals surface area (Å²) in [6, 6.07) is 13.3. The van der Waals surface area contributed by atoms with Crippen LogP contribution in [0.2, 0.25) is 0 Å². The maximum atomic E-state index is 12.5. The third-order valence-corrected chi connectivity index (χ3v) is 5.19. The Morgan fingerprint density at radius 1 is 1.30 bits per heavy atom. The predicted molar refractivity (Wildman–Crippen MR) is 97.4 cm³/mol. The van der Waals surface area contributed by atoms with Gasteiger partial charge >= 0.3 is 0 Å². The third-order valence-electron chi connectivity index (χ3n) is 3.45. The van der Waals surface area contributed by atoms with E-state index in [9.17, 15) is 4.79 Å². The van der Waals surface area contributed by atoms with E-state index in [0.29, 0.717) is 16.9 Å². The molecule has 3 nitrogen and oxygen atoms in total. The van der Waals surface area contributed by atoms with Gasteiger partial charge in [0.15, 0.2) is 4.80 Å². The summed E-state index contributed by atoms with van der Waals surface area (Å²) in [7, 11) is 0. The van der Waals surface area contributed by atoms with E-state index in [4.69, 9.17) is 6.42 Å². The molecule has 5 heteroatoms. The van der Waals surface area contributed by atoms with Crippen LogP contribution in [0.5, 0.6) is 0 Å². The number of terminal acetylenes is 1. The smallest absolute Gasteiger partial charge is 0.280 e. The molecule has 0 saturated heterocycles. The van der Waals surface area contributed by atoms with Crippen molar-refractivity contribution < 1.29 is 4.79 Å². The van der Waals surface area contributed by atoms with Crippen LogP contribution < -0.4 is 4.80 Å². The lowest BCUT2D eigenvalue weighted by molar-refractivity contribution is 0.0997. The molecule has 0 fully saturated rings. The third kappa shape index (κ3) is 3.00. The number of thiazole rings is 1. The molecule has 114 valence electrons. The molecule has 0 aliphatic rings. The highest BCUT2D eigenvalue weighted by molar-refractivity contribution is 9.10. The maximum Gasteiger partial charge on any atom is 0.280 e. The van der Waals surface area contributed by atoms with E-state index in [1.54, 1.807) is 6.07 Å². The van der Waals surface area contributed by atoms with Gasteiger partial charge in [0.05, 0.1) is 22.3 Å². The number of fused-ring (bicyclic) bond motifs is 1. The second-order valence-electron chi connectivity index (χ2n) is 4.99. The van der Waals surface area contributed by atoms with E-state index >= 15 is 0 Å². The second-order valence-corrected chi connectivity index (χ2v) is 6.86. The molecule has 0 aliphatic carbocycles. The van der Waals surface area contributed by atoms with Crippen LogP contribution >= 0.6 is 27.3 Å². The molecular formula is C18H13BrN2OS. The molecule has 0 radical (unpaired) electrons. The van der Waals surface area contributed by atoms with Crippen molar-refractivity contribution >= 4 is 43.4 Å². The molecule has 0 unspecified atom stereocenters. The van der Waals surface area contributed by atoms with Crippen LogP contribution in [-0.2, 0) is 6.54 Å². The lowest BCUT2D eigenvalue weighted by Gasteiger charge is -2.03. The standard InChI is InChI=1S/C18H13BrN2OS/c1-3-11-21-16-12(2)7-6-10-15(16)23-18(21)20-17(22)13-8-4-5-9-14(13)19/h1,4-10H,11H2,2H3. The molecule has 3 rings (SSSR count). The van der Waals surface area contributed by atoms with Crippen LogP contribution in [0.3, 0.4) is 0 Å². The van der Waals surface area contributed by atoms with Crippen molar-refractivity contribution in [1.29, 1.82) is 0 Å². The summed E-state index contributed by atoms with van der Waals surface area (Å²) in [5.74, 6) is 2.36. The Morgan fingerprint density at radius 2 is 2.09 bits per heavy atom. The van der Waals surface area contributed by atoms with Gasteiger partial charge < -0.3 is 4.57 Å². The van der Waals surface area contributed by atoms with Crippen molar-refractivity contribution in [2.75, 3.05) is 0 Å². The van der Waals surface area contributed by atoms with Gasteiger partial charge in [-0.05, 0) is 46.6 Å². The molecule has 1 aromatic heterocycles. The Balaban J connectivity index is 2.22. The van der Waals surface area contributed by atoms with Gasteiger partial charge in [0, 0.05) is 4.47 Å². The molecule has 0 aliphatic heterocycles. The van der Waals surface area contributed by atoms with Crippen LogP contribution in [0.1, 0.15) is 15.9 Å². The molecular weight excluding hydrogens is 372 g/mol. The Bertz CT molecular complexity index is 1010. The fourth-order valence-corrected chi connectivity index (χ4v) is 3.97. The highest BCUT2D eigenvalue weighted by atomic mass is 79.9. The predicted octanol–water partition coefficient (Wildman–Crippen LogP) is 4.15. The highest BCUT2D eigenvalue weighted by Crippen LogP contribution is 2.21. The first-order chi connectivity index (χ1) is 11.1. The topological polar surface area (TPSA) is 34.4 Å². The number of carbonyl (C=O) groups is 1. The molecule has 2 aromatic carbocycles. The van der Waals surface area contributed by atoms with Crippen molar-refractivity contribution in [2.24, 2.45) is 4.99 Å². The van der Waals surface area contributed by atoms with E-state index in [1.165, 1.54) is 11.3 Å². The number of benzene rings is 2. The molecule has 0 N–H and O–H groups in total. The van der Waals surface area contributed by atoms with Crippen LogP contribution in [-0.4, -0.2) is 10.5 Å². The number of para-hydroxylation sites is 1. The second kappa shape index (κ2) is 6.53. The van der Waals surface area contributed by atoms with Gasteiger partial charge in [0.1, 0.15) is 0 Å². The number of halogens is 1. The van der Waals surface area contributed by atoms with E-state index in [1.807, 2.05) is 47.9 Å². The summed E-state index contributed by atoms with van der Waals surface area (Å²) in [5, 5.41) is 0. The molecule has 1 heterocycles. The van der Waals surface area contributed by atoms with Crippen molar-refractivity contribution in [3.63, 3.8) is 0 Å². The highest BCUT2D eigenvalue weighted by Gasteiger charge is 2.11. The van der Waals surface area contributed by atoms with Crippen LogP contribution in [0, 0.1) is 19.3 Å². The van der Waals surface area contributed by atoms with Gasteiger partial charge in [-0.25, -0.2) is 0 Å². The Morgan fingerprint density at radius 3 is 2.83 bits per heavy atom. The Kier molecular flexibility index (Phi) is 4.46. The van der Waals surface area contributed by atoms with E-state index in [2.05, 4.69) is 26.8 Å². The lowest BCUT2D eigenvalue weighted by Crippen LogP contribution is -2.17. The number of rotatable bonds is 2. The summed E-state index contributed by atoms with van der Waals surface area (Å²) in [6.45, 7) is 2.41. The zero-order valence-electron chi connectivity index (χ0n) is 12.4. The number of carbonyl (C=O) groups excluding carboxylic acids is 1. The van der Waals surface area contributed by atoms with E-state index in [0.717, 1.165) is 20.3 Å². The molecule has 23 heavy (non-hydrogen) atoms.